The number of methoxy groups -OCH3 is 1. The van der Waals surface area contributed by atoms with Crippen LogP contribution in [0.4, 0.5) is 39.3 Å². The predicted octanol–water partition coefficient (Wildman–Crippen LogP) is 5.64. The van der Waals surface area contributed by atoms with Crippen molar-refractivity contribution in [2.24, 2.45) is 0 Å². The molecular weight excluding hydrogens is 534 g/mol. The average Bonchev–Trinajstić information content (AvgIpc) is 2.90. The lowest BCUT2D eigenvalue weighted by Gasteiger charge is -2.37. The van der Waals surface area contributed by atoms with Crippen molar-refractivity contribution in [3.05, 3.63) is 53.7 Å². The molecule has 4 rings (SSSR count). The Morgan fingerprint density at radius 3 is 2.33 bits per heavy atom. The van der Waals surface area contributed by atoms with Gasteiger partial charge in [-0.05, 0) is 39.0 Å². The molecule has 0 bridgehead atoms. The summed E-state index contributed by atoms with van der Waals surface area (Å²) >= 11 is 6.33. The number of anilines is 6. The second kappa shape index (κ2) is 12.3. The molecule has 212 valence electrons. The van der Waals surface area contributed by atoms with Crippen molar-refractivity contribution in [2.45, 2.75) is 33.3 Å². The number of carbonyl (C=O) groups excluding carboxylic acids is 2. The van der Waals surface area contributed by atoms with Crippen molar-refractivity contribution in [3.8, 4) is 5.75 Å². The molecule has 0 atom stereocenters. The van der Waals surface area contributed by atoms with E-state index in [1.54, 1.807) is 18.1 Å². The summed E-state index contributed by atoms with van der Waals surface area (Å²) in [5, 5.41) is 9.64. The molecule has 2 heterocycles. The van der Waals surface area contributed by atoms with E-state index in [0.717, 1.165) is 11.4 Å². The van der Waals surface area contributed by atoms with Crippen LogP contribution >= 0.6 is 11.6 Å². The lowest BCUT2D eigenvalue weighted by molar-refractivity contribution is -0.114. The van der Waals surface area contributed by atoms with Gasteiger partial charge in [0.1, 0.15) is 16.4 Å². The minimum Gasteiger partial charge on any atom is -0.494 e. The van der Waals surface area contributed by atoms with E-state index in [4.69, 9.17) is 21.1 Å². The van der Waals surface area contributed by atoms with Crippen molar-refractivity contribution in [2.75, 3.05) is 54.1 Å². The molecule has 3 N–H and O–H groups in total. The zero-order valence-corrected chi connectivity index (χ0v) is 24.0. The van der Waals surface area contributed by atoms with Crippen LogP contribution in [0, 0.1) is 0 Å². The number of halogens is 1. The summed E-state index contributed by atoms with van der Waals surface area (Å²) in [7, 11) is 1.56. The molecule has 2 aromatic carbocycles. The smallest absolute Gasteiger partial charge is 0.410 e. The number of rotatable bonds is 7. The number of amides is 2. The fraction of sp³-hybridized carbons (Fsp3) is 0.357. The third-order valence-electron chi connectivity index (χ3n) is 5.93. The predicted molar refractivity (Wildman–Crippen MR) is 157 cm³/mol. The maximum atomic E-state index is 12.5. The Morgan fingerprint density at radius 1 is 1.00 bits per heavy atom. The first-order chi connectivity index (χ1) is 19.0. The number of nitrogens with zero attached hydrogens (tertiary/aromatic N) is 4. The molecule has 2 amide bonds. The van der Waals surface area contributed by atoms with Gasteiger partial charge >= 0.3 is 6.09 Å². The first-order valence-electron chi connectivity index (χ1n) is 12.9. The van der Waals surface area contributed by atoms with Gasteiger partial charge in [-0.2, -0.15) is 4.98 Å². The van der Waals surface area contributed by atoms with E-state index in [2.05, 4.69) is 30.8 Å². The van der Waals surface area contributed by atoms with E-state index in [0.29, 0.717) is 54.1 Å². The van der Waals surface area contributed by atoms with Crippen molar-refractivity contribution in [3.63, 3.8) is 0 Å². The first-order valence-corrected chi connectivity index (χ1v) is 13.2. The Morgan fingerprint density at radius 2 is 1.70 bits per heavy atom. The lowest BCUT2D eigenvalue weighted by Crippen LogP contribution is -2.50. The van der Waals surface area contributed by atoms with Gasteiger partial charge in [-0.25, -0.2) is 9.78 Å². The molecule has 3 aromatic rings. The molecule has 0 spiro atoms. The van der Waals surface area contributed by atoms with Gasteiger partial charge in [0.25, 0.3) is 0 Å². The maximum Gasteiger partial charge on any atom is 0.410 e. The van der Waals surface area contributed by atoms with E-state index >= 15 is 0 Å². The zero-order valence-electron chi connectivity index (χ0n) is 23.2. The van der Waals surface area contributed by atoms with Crippen LogP contribution in [0.5, 0.6) is 5.75 Å². The molecule has 12 heteroatoms. The summed E-state index contributed by atoms with van der Waals surface area (Å²) < 4.78 is 11.2. The molecule has 0 radical (unpaired) electrons. The number of piperazine rings is 1. The molecule has 0 aliphatic carbocycles. The van der Waals surface area contributed by atoms with Crippen molar-refractivity contribution in [1.29, 1.82) is 0 Å². The Hall–Kier alpha value is -4.25. The van der Waals surface area contributed by atoms with Crippen LogP contribution in [0.2, 0.25) is 5.02 Å². The second-order valence-electron chi connectivity index (χ2n) is 10.2. The molecule has 1 fully saturated rings. The number of carbonyl (C=O) groups is 2. The van der Waals surface area contributed by atoms with Crippen LogP contribution in [-0.4, -0.2) is 65.8 Å². The largest absolute Gasteiger partial charge is 0.494 e. The quantitative estimate of drug-likeness (QED) is 0.333. The number of benzene rings is 2. The number of hydrogen-bond donors (Lipinski definition) is 3. The van der Waals surface area contributed by atoms with Gasteiger partial charge in [-0.3, -0.25) is 4.79 Å². The third kappa shape index (κ3) is 7.44. The highest BCUT2D eigenvalue weighted by molar-refractivity contribution is 6.32. The SMILES string of the molecule is COc1cc(N2CCN(C(=O)OC(C)(C)C)CC2)c(NC(C)=O)cc1Nc1ncc(Cl)c(Nc2ccccc2)n1. The molecule has 1 aliphatic heterocycles. The minimum absolute atomic E-state index is 0.221. The molecular formula is C28H34ClN7O4. The molecule has 0 saturated carbocycles. The van der Waals surface area contributed by atoms with Gasteiger partial charge in [0, 0.05) is 44.9 Å². The number of para-hydroxylation sites is 1. The van der Waals surface area contributed by atoms with E-state index in [1.807, 2.05) is 57.2 Å². The summed E-state index contributed by atoms with van der Waals surface area (Å²) in [5.74, 6) is 1.02. The monoisotopic (exact) mass is 567 g/mol. The summed E-state index contributed by atoms with van der Waals surface area (Å²) in [5.41, 5.74) is 2.17. The summed E-state index contributed by atoms with van der Waals surface area (Å²) in [4.78, 5) is 37.2. The van der Waals surface area contributed by atoms with Gasteiger partial charge in [0.2, 0.25) is 11.9 Å². The summed E-state index contributed by atoms with van der Waals surface area (Å²) in [6.45, 7) is 9.05. The Kier molecular flexibility index (Phi) is 8.83. The molecule has 11 nitrogen and oxygen atoms in total. The number of hydrogen-bond acceptors (Lipinski definition) is 9. The highest BCUT2D eigenvalue weighted by Crippen LogP contribution is 2.39. The van der Waals surface area contributed by atoms with Crippen LogP contribution in [0.25, 0.3) is 0 Å². The van der Waals surface area contributed by atoms with Crippen LogP contribution in [0.15, 0.2) is 48.7 Å². The van der Waals surface area contributed by atoms with E-state index in [9.17, 15) is 9.59 Å². The first kappa shape index (κ1) is 28.8. The van der Waals surface area contributed by atoms with E-state index in [-0.39, 0.29) is 17.9 Å². The van der Waals surface area contributed by atoms with Crippen LogP contribution in [0.1, 0.15) is 27.7 Å². The normalized spacial score (nSPS) is 13.4. The van der Waals surface area contributed by atoms with Gasteiger partial charge in [0.15, 0.2) is 5.82 Å². The lowest BCUT2D eigenvalue weighted by atomic mass is 10.1. The van der Waals surface area contributed by atoms with Gasteiger partial charge < -0.3 is 35.2 Å². The Labute approximate surface area is 238 Å². The van der Waals surface area contributed by atoms with E-state index in [1.165, 1.54) is 13.1 Å². The minimum atomic E-state index is -0.560. The Balaban J connectivity index is 1.57. The van der Waals surface area contributed by atoms with Crippen LogP contribution in [0.3, 0.4) is 0 Å². The third-order valence-corrected chi connectivity index (χ3v) is 6.20. The Bertz CT molecular complexity index is 1360. The molecule has 1 aromatic heterocycles. The van der Waals surface area contributed by atoms with Gasteiger partial charge in [0.05, 0.1) is 30.4 Å². The highest BCUT2D eigenvalue weighted by Gasteiger charge is 2.27. The van der Waals surface area contributed by atoms with Crippen LogP contribution in [-0.2, 0) is 9.53 Å². The average molecular weight is 568 g/mol. The fourth-order valence-electron chi connectivity index (χ4n) is 4.14. The van der Waals surface area contributed by atoms with Gasteiger partial charge in [-0.15, -0.1) is 0 Å². The summed E-state index contributed by atoms with van der Waals surface area (Å²) in [6.07, 6.45) is 1.16. The van der Waals surface area contributed by atoms with Crippen molar-refractivity contribution < 1.29 is 19.1 Å². The van der Waals surface area contributed by atoms with Crippen LogP contribution < -0.4 is 25.6 Å². The molecule has 0 unspecified atom stereocenters. The molecule has 1 saturated heterocycles. The molecule has 1 aliphatic rings. The zero-order chi connectivity index (χ0) is 28.9. The van der Waals surface area contributed by atoms with Crippen molar-refractivity contribution in [1.82, 2.24) is 14.9 Å². The highest BCUT2D eigenvalue weighted by atomic mass is 35.5. The number of nitrogens with one attached hydrogen (secondary N) is 3. The standard InChI is InChI=1S/C28H34ClN7O4/c1-18(37)31-21-15-22(33-26-30-17-20(29)25(34-26)32-19-9-7-6-8-10-19)24(39-5)16-23(21)35-11-13-36(14-12-35)27(38)40-28(2,3)4/h6-10,15-17H,11-14H2,1-5H3,(H,31,37)(H2,30,32,33,34). The van der Waals surface area contributed by atoms with Crippen molar-refractivity contribution >= 4 is 58.1 Å². The fourth-order valence-corrected chi connectivity index (χ4v) is 4.28. The summed E-state index contributed by atoms with van der Waals surface area (Å²) in [6, 6.07) is 13.2. The second-order valence-corrected chi connectivity index (χ2v) is 10.6. The van der Waals surface area contributed by atoms with E-state index < -0.39 is 5.60 Å². The topological polar surface area (TPSA) is 121 Å². The van der Waals surface area contributed by atoms with Gasteiger partial charge in [-0.1, -0.05) is 29.8 Å². The number of ether oxygens (including phenoxy) is 2. The maximum absolute atomic E-state index is 12.5. The number of aromatic nitrogens is 2. The molecule has 40 heavy (non-hydrogen) atoms.